The molecular weight excluding hydrogens is 286 g/mol. The van der Waals surface area contributed by atoms with E-state index < -0.39 is 0 Å². The zero-order valence-corrected chi connectivity index (χ0v) is 13.5. The van der Waals surface area contributed by atoms with Gasteiger partial charge in [0.1, 0.15) is 0 Å². The van der Waals surface area contributed by atoms with Crippen LogP contribution in [0.4, 0.5) is 0 Å². The zero-order valence-electron chi connectivity index (χ0n) is 12.8. The van der Waals surface area contributed by atoms with Crippen LogP contribution in [0.1, 0.15) is 29.8 Å². The molecule has 0 bridgehead atoms. The van der Waals surface area contributed by atoms with Gasteiger partial charge in [0.25, 0.3) is 0 Å². The number of aromatic nitrogens is 2. The van der Waals surface area contributed by atoms with Crippen molar-refractivity contribution in [3.63, 3.8) is 0 Å². The number of methoxy groups -OCH3 is 1. The fraction of sp³-hybridized carbons (Fsp3) is 0.438. The number of nitrogens with zero attached hydrogens (tertiary/aromatic N) is 2. The van der Waals surface area contributed by atoms with Crippen LogP contribution in [-0.4, -0.2) is 30.5 Å². The summed E-state index contributed by atoms with van der Waals surface area (Å²) in [7, 11) is 3.62. The molecular formula is C16H22ClN3O. The standard InChI is InChI=1S/C16H22ClN3O/c1-4-12-5-7-13(8-6-12)15(18-2)16-14(17)11-19-20(16)9-10-21-3/h5-8,11,15,18H,4,9-10H2,1-3H3. The molecule has 4 nitrogen and oxygen atoms in total. The Morgan fingerprint density at radius 1 is 1.33 bits per heavy atom. The quantitative estimate of drug-likeness (QED) is 0.854. The number of ether oxygens (including phenoxy) is 1. The number of hydrogen-bond donors (Lipinski definition) is 1. The van der Waals surface area contributed by atoms with Gasteiger partial charge in [0, 0.05) is 7.11 Å². The predicted octanol–water partition coefficient (Wildman–Crippen LogP) is 3.05. The van der Waals surface area contributed by atoms with E-state index in [1.807, 2.05) is 11.7 Å². The van der Waals surface area contributed by atoms with Crippen molar-refractivity contribution in [1.82, 2.24) is 15.1 Å². The summed E-state index contributed by atoms with van der Waals surface area (Å²) in [6.45, 7) is 3.45. The summed E-state index contributed by atoms with van der Waals surface area (Å²) >= 11 is 6.34. The first kappa shape index (κ1) is 16.0. The highest BCUT2D eigenvalue weighted by Crippen LogP contribution is 2.28. The number of aryl methyl sites for hydroxylation is 1. The van der Waals surface area contributed by atoms with Gasteiger partial charge >= 0.3 is 0 Å². The summed E-state index contributed by atoms with van der Waals surface area (Å²) in [5.41, 5.74) is 3.48. The average molecular weight is 308 g/mol. The molecule has 21 heavy (non-hydrogen) atoms. The van der Waals surface area contributed by atoms with Crippen molar-refractivity contribution < 1.29 is 4.74 Å². The number of nitrogens with one attached hydrogen (secondary N) is 1. The molecule has 1 aromatic carbocycles. The molecule has 0 radical (unpaired) electrons. The summed E-state index contributed by atoms with van der Waals surface area (Å²) < 4.78 is 7.04. The summed E-state index contributed by atoms with van der Waals surface area (Å²) in [6.07, 6.45) is 2.73. The van der Waals surface area contributed by atoms with Gasteiger partial charge in [-0.1, -0.05) is 42.8 Å². The Morgan fingerprint density at radius 3 is 2.62 bits per heavy atom. The van der Waals surface area contributed by atoms with E-state index in [4.69, 9.17) is 16.3 Å². The van der Waals surface area contributed by atoms with Crippen molar-refractivity contribution in [3.8, 4) is 0 Å². The van der Waals surface area contributed by atoms with Crippen LogP contribution in [0.5, 0.6) is 0 Å². The smallest absolute Gasteiger partial charge is 0.0837 e. The topological polar surface area (TPSA) is 39.1 Å². The van der Waals surface area contributed by atoms with Crippen LogP contribution in [0.2, 0.25) is 5.02 Å². The van der Waals surface area contributed by atoms with Crippen molar-refractivity contribution in [2.24, 2.45) is 0 Å². The van der Waals surface area contributed by atoms with Crippen LogP contribution in [0.3, 0.4) is 0 Å². The van der Waals surface area contributed by atoms with Gasteiger partial charge in [-0.25, -0.2) is 0 Å². The van der Waals surface area contributed by atoms with Crippen LogP contribution in [0.15, 0.2) is 30.5 Å². The Morgan fingerprint density at radius 2 is 2.05 bits per heavy atom. The molecule has 114 valence electrons. The van der Waals surface area contributed by atoms with Crippen LogP contribution in [-0.2, 0) is 17.7 Å². The van der Waals surface area contributed by atoms with E-state index in [0.29, 0.717) is 18.2 Å². The first-order valence-corrected chi connectivity index (χ1v) is 7.55. The molecule has 0 saturated heterocycles. The van der Waals surface area contributed by atoms with Crippen LogP contribution >= 0.6 is 11.6 Å². The molecule has 0 aliphatic rings. The summed E-state index contributed by atoms with van der Waals surface area (Å²) in [6, 6.07) is 8.61. The lowest BCUT2D eigenvalue weighted by atomic mass is 10.0. The van der Waals surface area contributed by atoms with E-state index in [1.54, 1.807) is 13.3 Å². The molecule has 0 saturated carbocycles. The second-order valence-electron chi connectivity index (χ2n) is 4.91. The summed E-state index contributed by atoms with van der Waals surface area (Å²) in [4.78, 5) is 0. The van der Waals surface area contributed by atoms with Gasteiger partial charge in [-0.3, -0.25) is 4.68 Å². The Labute approximate surface area is 131 Å². The molecule has 2 rings (SSSR count). The van der Waals surface area contributed by atoms with Crippen molar-refractivity contribution >= 4 is 11.6 Å². The molecule has 5 heteroatoms. The van der Waals surface area contributed by atoms with E-state index in [2.05, 4.69) is 41.6 Å². The van der Waals surface area contributed by atoms with Gasteiger partial charge in [-0.05, 0) is 24.6 Å². The van der Waals surface area contributed by atoms with E-state index in [0.717, 1.165) is 12.1 Å². The second kappa shape index (κ2) is 7.59. The molecule has 0 amide bonds. The third-order valence-corrected chi connectivity index (χ3v) is 3.92. The van der Waals surface area contributed by atoms with Gasteiger partial charge in [-0.2, -0.15) is 5.10 Å². The molecule has 0 fully saturated rings. The van der Waals surface area contributed by atoms with Gasteiger partial charge in [0.2, 0.25) is 0 Å². The normalized spacial score (nSPS) is 12.6. The molecule has 0 aliphatic heterocycles. The molecule has 0 aliphatic carbocycles. The summed E-state index contributed by atoms with van der Waals surface area (Å²) in [5, 5.41) is 8.35. The van der Waals surface area contributed by atoms with Gasteiger partial charge in [-0.15, -0.1) is 0 Å². The fourth-order valence-electron chi connectivity index (χ4n) is 2.42. The van der Waals surface area contributed by atoms with Crippen molar-refractivity contribution in [3.05, 3.63) is 52.3 Å². The third kappa shape index (κ3) is 3.64. The maximum absolute atomic E-state index is 6.34. The zero-order chi connectivity index (χ0) is 15.2. The Balaban J connectivity index is 2.33. The highest BCUT2D eigenvalue weighted by atomic mass is 35.5. The fourth-order valence-corrected chi connectivity index (χ4v) is 2.67. The number of rotatable bonds is 7. The molecule has 0 spiro atoms. The predicted molar refractivity (Wildman–Crippen MR) is 85.8 cm³/mol. The lowest BCUT2D eigenvalue weighted by Gasteiger charge is -2.19. The average Bonchev–Trinajstić information content (AvgIpc) is 2.88. The van der Waals surface area contributed by atoms with Crippen molar-refractivity contribution in [1.29, 1.82) is 0 Å². The Kier molecular flexibility index (Phi) is 5.79. The van der Waals surface area contributed by atoms with E-state index >= 15 is 0 Å². The molecule has 1 unspecified atom stereocenters. The highest BCUT2D eigenvalue weighted by Gasteiger charge is 2.20. The minimum atomic E-state index is 0.0164. The van der Waals surface area contributed by atoms with Crippen LogP contribution < -0.4 is 5.32 Å². The highest BCUT2D eigenvalue weighted by molar-refractivity contribution is 6.31. The second-order valence-corrected chi connectivity index (χ2v) is 5.32. The largest absolute Gasteiger partial charge is 0.383 e. The molecule has 1 heterocycles. The van der Waals surface area contributed by atoms with Gasteiger partial charge in [0.15, 0.2) is 0 Å². The van der Waals surface area contributed by atoms with Gasteiger partial charge in [0.05, 0.1) is 36.1 Å². The van der Waals surface area contributed by atoms with Crippen molar-refractivity contribution in [2.75, 3.05) is 20.8 Å². The van der Waals surface area contributed by atoms with E-state index in [9.17, 15) is 0 Å². The lowest BCUT2D eigenvalue weighted by molar-refractivity contribution is 0.182. The van der Waals surface area contributed by atoms with Crippen molar-refractivity contribution in [2.45, 2.75) is 25.9 Å². The minimum absolute atomic E-state index is 0.0164. The maximum Gasteiger partial charge on any atom is 0.0837 e. The lowest BCUT2D eigenvalue weighted by Crippen LogP contribution is -2.23. The first-order chi connectivity index (χ1) is 10.2. The SMILES string of the molecule is CCc1ccc(C(NC)c2c(Cl)cnn2CCOC)cc1. The maximum atomic E-state index is 6.34. The Hall–Kier alpha value is -1.36. The van der Waals surface area contributed by atoms with E-state index in [1.165, 1.54) is 11.1 Å². The Bertz CT molecular complexity index is 565. The number of halogens is 1. The van der Waals surface area contributed by atoms with E-state index in [-0.39, 0.29) is 6.04 Å². The van der Waals surface area contributed by atoms with Crippen LogP contribution in [0, 0.1) is 0 Å². The number of hydrogen-bond acceptors (Lipinski definition) is 3. The van der Waals surface area contributed by atoms with Gasteiger partial charge < -0.3 is 10.1 Å². The third-order valence-electron chi connectivity index (χ3n) is 3.62. The molecule has 1 N–H and O–H groups in total. The molecule has 1 aromatic heterocycles. The first-order valence-electron chi connectivity index (χ1n) is 7.17. The summed E-state index contributed by atoms with van der Waals surface area (Å²) in [5.74, 6) is 0. The molecule has 1 atom stereocenters. The monoisotopic (exact) mass is 307 g/mol. The minimum Gasteiger partial charge on any atom is -0.383 e. The van der Waals surface area contributed by atoms with Crippen LogP contribution in [0.25, 0.3) is 0 Å². The molecule has 2 aromatic rings. The number of benzene rings is 1.